The third kappa shape index (κ3) is 3.59. The van der Waals surface area contributed by atoms with Gasteiger partial charge in [-0.3, -0.25) is 9.69 Å². The number of hydrogen-bond donors (Lipinski definition) is 1. The SMILES string of the molecule is COc1ccccc1C(CNC(=O)C1(c2ccccc2)CC1)N1CCCC1. The Morgan fingerprint density at radius 2 is 1.74 bits per heavy atom. The molecule has 0 radical (unpaired) electrons. The van der Waals surface area contributed by atoms with E-state index in [4.69, 9.17) is 4.74 Å². The van der Waals surface area contributed by atoms with Crippen molar-refractivity contribution in [3.63, 3.8) is 0 Å². The summed E-state index contributed by atoms with van der Waals surface area (Å²) in [5, 5.41) is 3.27. The number of ether oxygens (including phenoxy) is 1. The second-order valence-corrected chi connectivity index (χ2v) is 7.66. The molecule has 1 unspecified atom stereocenters. The van der Waals surface area contributed by atoms with Crippen LogP contribution in [-0.4, -0.2) is 37.6 Å². The molecule has 2 aromatic rings. The maximum atomic E-state index is 13.1. The molecule has 2 fully saturated rings. The van der Waals surface area contributed by atoms with Crippen molar-refractivity contribution < 1.29 is 9.53 Å². The molecule has 0 bridgehead atoms. The molecular weight excluding hydrogens is 336 g/mol. The molecule has 4 heteroatoms. The zero-order chi connectivity index (χ0) is 18.7. The number of nitrogens with one attached hydrogen (secondary N) is 1. The lowest BCUT2D eigenvalue weighted by Crippen LogP contribution is -2.41. The molecule has 2 aliphatic rings. The summed E-state index contributed by atoms with van der Waals surface area (Å²) in [6.07, 6.45) is 4.30. The minimum Gasteiger partial charge on any atom is -0.496 e. The number of rotatable bonds is 7. The van der Waals surface area contributed by atoms with Crippen LogP contribution in [0.4, 0.5) is 0 Å². The van der Waals surface area contributed by atoms with Crippen molar-refractivity contribution in [1.29, 1.82) is 0 Å². The summed E-state index contributed by atoms with van der Waals surface area (Å²) in [7, 11) is 1.72. The van der Waals surface area contributed by atoms with Crippen LogP contribution in [0.2, 0.25) is 0 Å². The van der Waals surface area contributed by atoms with Crippen molar-refractivity contribution in [2.45, 2.75) is 37.1 Å². The van der Waals surface area contributed by atoms with Gasteiger partial charge >= 0.3 is 0 Å². The molecule has 1 atom stereocenters. The first kappa shape index (κ1) is 18.1. The number of methoxy groups -OCH3 is 1. The summed E-state index contributed by atoms with van der Waals surface area (Å²) >= 11 is 0. The lowest BCUT2D eigenvalue weighted by Gasteiger charge is -2.30. The molecule has 1 saturated carbocycles. The van der Waals surface area contributed by atoms with Crippen molar-refractivity contribution in [1.82, 2.24) is 10.2 Å². The molecule has 1 N–H and O–H groups in total. The number of benzene rings is 2. The van der Waals surface area contributed by atoms with Crippen LogP contribution in [0.15, 0.2) is 54.6 Å². The van der Waals surface area contributed by atoms with E-state index >= 15 is 0 Å². The Morgan fingerprint density at radius 3 is 2.41 bits per heavy atom. The molecule has 4 nitrogen and oxygen atoms in total. The fraction of sp³-hybridized carbons (Fsp3) is 0.435. The van der Waals surface area contributed by atoms with E-state index < -0.39 is 0 Å². The Bertz CT molecular complexity index is 780. The van der Waals surface area contributed by atoms with Gasteiger partial charge in [0.05, 0.1) is 18.6 Å². The molecule has 4 rings (SSSR count). The first-order chi connectivity index (χ1) is 13.2. The highest BCUT2D eigenvalue weighted by atomic mass is 16.5. The molecule has 27 heavy (non-hydrogen) atoms. The first-order valence-corrected chi connectivity index (χ1v) is 9.95. The van der Waals surface area contributed by atoms with E-state index in [9.17, 15) is 4.79 Å². The maximum absolute atomic E-state index is 13.1. The van der Waals surface area contributed by atoms with Crippen LogP contribution in [0.3, 0.4) is 0 Å². The average molecular weight is 364 g/mol. The van der Waals surface area contributed by atoms with Gasteiger partial charge in [-0.15, -0.1) is 0 Å². The van der Waals surface area contributed by atoms with Crippen LogP contribution < -0.4 is 10.1 Å². The van der Waals surface area contributed by atoms with Crippen LogP contribution in [0.25, 0.3) is 0 Å². The molecule has 1 amide bonds. The van der Waals surface area contributed by atoms with Gasteiger partial charge in [-0.2, -0.15) is 0 Å². The Balaban J connectivity index is 1.52. The van der Waals surface area contributed by atoms with Gasteiger partial charge in [0.2, 0.25) is 5.91 Å². The lowest BCUT2D eigenvalue weighted by molar-refractivity contribution is -0.123. The molecule has 1 saturated heterocycles. The molecule has 1 heterocycles. The smallest absolute Gasteiger partial charge is 0.230 e. The number of carbonyl (C=O) groups excluding carboxylic acids is 1. The number of nitrogens with zero attached hydrogens (tertiary/aromatic N) is 1. The quantitative estimate of drug-likeness (QED) is 0.815. The highest BCUT2D eigenvalue weighted by Crippen LogP contribution is 2.48. The van der Waals surface area contributed by atoms with E-state index in [1.165, 1.54) is 12.8 Å². The van der Waals surface area contributed by atoms with Crippen molar-refractivity contribution >= 4 is 5.91 Å². The number of amides is 1. The van der Waals surface area contributed by atoms with Gasteiger partial charge in [-0.05, 0) is 50.4 Å². The van der Waals surface area contributed by atoms with E-state index in [1.807, 2.05) is 30.3 Å². The second-order valence-electron chi connectivity index (χ2n) is 7.66. The van der Waals surface area contributed by atoms with E-state index in [0.29, 0.717) is 6.54 Å². The summed E-state index contributed by atoms with van der Waals surface area (Å²) in [4.78, 5) is 15.5. The van der Waals surface area contributed by atoms with Gasteiger partial charge < -0.3 is 10.1 Å². The van der Waals surface area contributed by atoms with Gasteiger partial charge in [0, 0.05) is 12.1 Å². The summed E-state index contributed by atoms with van der Waals surface area (Å²) < 4.78 is 5.60. The predicted molar refractivity (Wildman–Crippen MR) is 107 cm³/mol. The molecule has 1 aliphatic heterocycles. The number of carbonyl (C=O) groups is 1. The summed E-state index contributed by atoms with van der Waals surface area (Å²) in [6, 6.07) is 18.5. The third-order valence-electron chi connectivity index (χ3n) is 6.05. The minimum atomic E-state index is -0.322. The van der Waals surface area contributed by atoms with E-state index in [2.05, 4.69) is 34.5 Å². The molecule has 0 spiro atoms. The Kier molecular flexibility index (Phi) is 5.17. The standard InChI is InChI=1S/C23H28N2O2/c1-27-21-12-6-5-11-19(21)20(25-15-7-8-16-25)17-24-22(26)23(13-14-23)18-9-3-2-4-10-18/h2-6,9-12,20H,7-8,13-17H2,1H3,(H,24,26). The van der Waals surface area contributed by atoms with Crippen molar-refractivity contribution in [2.24, 2.45) is 0 Å². The summed E-state index contributed by atoms with van der Waals surface area (Å²) in [5.41, 5.74) is 1.97. The van der Waals surface area contributed by atoms with E-state index in [-0.39, 0.29) is 17.4 Å². The van der Waals surface area contributed by atoms with Gasteiger partial charge in [0.25, 0.3) is 0 Å². The molecule has 1 aliphatic carbocycles. The van der Waals surface area contributed by atoms with Crippen LogP contribution in [0.1, 0.15) is 42.9 Å². The second kappa shape index (κ2) is 7.73. The van der Waals surface area contributed by atoms with E-state index in [0.717, 1.165) is 42.8 Å². The highest BCUT2D eigenvalue weighted by molar-refractivity contribution is 5.91. The van der Waals surface area contributed by atoms with E-state index in [1.54, 1.807) is 7.11 Å². The van der Waals surface area contributed by atoms with Crippen molar-refractivity contribution in [3.8, 4) is 5.75 Å². The van der Waals surface area contributed by atoms with Gasteiger partial charge in [-0.25, -0.2) is 0 Å². The topological polar surface area (TPSA) is 41.6 Å². The fourth-order valence-electron chi connectivity index (χ4n) is 4.32. The van der Waals surface area contributed by atoms with Crippen molar-refractivity contribution in [3.05, 3.63) is 65.7 Å². The fourth-order valence-corrected chi connectivity index (χ4v) is 4.32. The predicted octanol–water partition coefficient (Wildman–Crippen LogP) is 3.68. The monoisotopic (exact) mass is 364 g/mol. The van der Waals surface area contributed by atoms with Crippen LogP contribution >= 0.6 is 0 Å². The van der Waals surface area contributed by atoms with Crippen LogP contribution in [0, 0.1) is 0 Å². The zero-order valence-electron chi connectivity index (χ0n) is 16.0. The molecule has 2 aromatic carbocycles. The van der Waals surface area contributed by atoms with Gasteiger partial charge in [-0.1, -0.05) is 48.5 Å². The zero-order valence-corrected chi connectivity index (χ0v) is 16.0. The molecule has 0 aromatic heterocycles. The molecular formula is C23H28N2O2. The summed E-state index contributed by atoms with van der Waals surface area (Å²) in [5.74, 6) is 1.06. The Labute approximate surface area is 161 Å². The normalized spacial score (nSPS) is 19.4. The third-order valence-corrected chi connectivity index (χ3v) is 6.05. The van der Waals surface area contributed by atoms with Crippen molar-refractivity contribution in [2.75, 3.05) is 26.7 Å². The Morgan fingerprint density at radius 1 is 1.07 bits per heavy atom. The van der Waals surface area contributed by atoms with Crippen LogP contribution in [-0.2, 0) is 10.2 Å². The number of hydrogen-bond acceptors (Lipinski definition) is 3. The Hall–Kier alpha value is -2.33. The lowest BCUT2D eigenvalue weighted by atomic mass is 9.94. The van der Waals surface area contributed by atoms with Gasteiger partial charge in [0.1, 0.15) is 5.75 Å². The minimum absolute atomic E-state index is 0.152. The molecule has 142 valence electrons. The number of likely N-dealkylation sites (tertiary alicyclic amines) is 1. The average Bonchev–Trinajstić information content (AvgIpc) is 3.37. The van der Waals surface area contributed by atoms with Gasteiger partial charge in [0.15, 0.2) is 0 Å². The maximum Gasteiger partial charge on any atom is 0.230 e. The first-order valence-electron chi connectivity index (χ1n) is 9.95. The highest BCUT2D eigenvalue weighted by Gasteiger charge is 2.51. The largest absolute Gasteiger partial charge is 0.496 e. The summed E-state index contributed by atoms with van der Waals surface area (Å²) in [6.45, 7) is 2.76. The number of para-hydroxylation sites is 1. The van der Waals surface area contributed by atoms with Crippen LogP contribution in [0.5, 0.6) is 5.75 Å².